The maximum Gasteiger partial charge on any atom is 0.127 e. The van der Waals surface area contributed by atoms with Crippen LogP contribution in [0, 0.1) is 12.7 Å². The van der Waals surface area contributed by atoms with Crippen LogP contribution in [-0.4, -0.2) is 6.54 Å². The summed E-state index contributed by atoms with van der Waals surface area (Å²) in [5, 5.41) is 0. The third kappa shape index (κ3) is 1.35. The molecule has 0 aliphatic heterocycles. The maximum atomic E-state index is 13.4. The zero-order valence-corrected chi connectivity index (χ0v) is 7.81. The first-order chi connectivity index (χ1) is 6.18. The molecule has 2 heteroatoms. The summed E-state index contributed by atoms with van der Waals surface area (Å²) in [5.41, 5.74) is 7.54. The molecular formula is C11H14FN. The molecule has 0 radical (unpaired) electrons. The van der Waals surface area contributed by atoms with E-state index in [1.807, 2.05) is 13.0 Å². The van der Waals surface area contributed by atoms with Gasteiger partial charge < -0.3 is 5.73 Å². The van der Waals surface area contributed by atoms with E-state index in [0.717, 1.165) is 24.0 Å². The van der Waals surface area contributed by atoms with Gasteiger partial charge in [0.15, 0.2) is 0 Å². The monoisotopic (exact) mass is 179 g/mol. The second-order valence-corrected chi connectivity index (χ2v) is 3.97. The van der Waals surface area contributed by atoms with Gasteiger partial charge in [0.25, 0.3) is 0 Å². The van der Waals surface area contributed by atoms with Crippen LogP contribution < -0.4 is 5.73 Å². The molecule has 70 valence electrons. The smallest absolute Gasteiger partial charge is 0.127 e. The van der Waals surface area contributed by atoms with E-state index in [1.54, 1.807) is 12.1 Å². The molecule has 0 aromatic heterocycles. The van der Waals surface area contributed by atoms with E-state index in [1.165, 1.54) is 0 Å². The minimum atomic E-state index is -0.103. The Balaban J connectivity index is 2.44. The predicted octanol–water partition coefficient (Wildman–Crippen LogP) is 2.12. The molecule has 0 heterocycles. The van der Waals surface area contributed by atoms with Crippen molar-refractivity contribution in [1.29, 1.82) is 0 Å². The summed E-state index contributed by atoms with van der Waals surface area (Å²) < 4.78 is 13.4. The van der Waals surface area contributed by atoms with Crippen molar-refractivity contribution in [3.63, 3.8) is 0 Å². The SMILES string of the molecule is Cc1ccc(F)c(C2(CN)CC2)c1. The molecule has 1 nitrogen and oxygen atoms in total. The van der Waals surface area contributed by atoms with Crippen molar-refractivity contribution in [2.75, 3.05) is 6.54 Å². The highest BCUT2D eigenvalue weighted by Crippen LogP contribution is 2.48. The van der Waals surface area contributed by atoms with Gasteiger partial charge in [0.2, 0.25) is 0 Å². The molecule has 1 aromatic carbocycles. The molecular weight excluding hydrogens is 165 g/mol. The number of hydrogen-bond acceptors (Lipinski definition) is 1. The van der Waals surface area contributed by atoms with Gasteiger partial charge in [-0.05, 0) is 31.4 Å². The molecule has 0 atom stereocenters. The fraction of sp³-hybridized carbons (Fsp3) is 0.455. The van der Waals surface area contributed by atoms with Gasteiger partial charge in [-0.2, -0.15) is 0 Å². The summed E-state index contributed by atoms with van der Waals surface area (Å²) in [4.78, 5) is 0. The van der Waals surface area contributed by atoms with Crippen LogP contribution in [0.1, 0.15) is 24.0 Å². The summed E-state index contributed by atoms with van der Waals surface area (Å²) in [5.74, 6) is -0.103. The fourth-order valence-electron chi connectivity index (χ4n) is 1.78. The Bertz CT molecular complexity index is 329. The standard InChI is InChI=1S/C11H14FN/c1-8-2-3-10(12)9(6-8)11(7-13)4-5-11/h2-3,6H,4-5,7,13H2,1H3. The van der Waals surface area contributed by atoms with Crippen LogP contribution in [0.4, 0.5) is 4.39 Å². The van der Waals surface area contributed by atoms with Crippen LogP contribution in [0.5, 0.6) is 0 Å². The average molecular weight is 179 g/mol. The first-order valence-electron chi connectivity index (χ1n) is 4.65. The van der Waals surface area contributed by atoms with Crippen LogP contribution in [0.25, 0.3) is 0 Å². The van der Waals surface area contributed by atoms with Crippen LogP contribution >= 0.6 is 0 Å². The largest absolute Gasteiger partial charge is 0.330 e. The first-order valence-corrected chi connectivity index (χ1v) is 4.65. The third-order valence-corrected chi connectivity index (χ3v) is 2.94. The van der Waals surface area contributed by atoms with Gasteiger partial charge in [0.05, 0.1) is 0 Å². The zero-order valence-electron chi connectivity index (χ0n) is 7.81. The van der Waals surface area contributed by atoms with E-state index < -0.39 is 0 Å². The quantitative estimate of drug-likeness (QED) is 0.739. The Morgan fingerprint density at radius 3 is 2.69 bits per heavy atom. The predicted molar refractivity (Wildman–Crippen MR) is 51.1 cm³/mol. The lowest BCUT2D eigenvalue weighted by molar-refractivity contribution is 0.572. The molecule has 0 unspecified atom stereocenters. The number of nitrogens with two attached hydrogens (primary N) is 1. The van der Waals surface area contributed by atoms with Gasteiger partial charge in [-0.15, -0.1) is 0 Å². The molecule has 1 aromatic rings. The van der Waals surface area contributed by atoms with E-state index in [2.05, 4.69) is 0 Å². The summed E-state index contributed by atoms with van der Waals surface area (Å²) >= 11 is 0. The topological polar surface area (TPSA) is 26.0 Å². The van der Waals surface area contributed by atoms with Crippen molar-refractivity contribution in [2.45, 2.75) is 25.2 Å². The number of halogens is 1. The summed E-state index contributed by atoms with van der Waals surface area (Å²) in [6, 6.07) is 5.26. The van der Waals surface area contributed by atoms with E-state index in [-0.39, 0.29) is 11.2 Å². The zero-order chi connectivity index (χ0) is 9.47. The van der Waals surface area contributed by atoms with Gasteiger partial charge in [0, 0.05) is 12.0 Å². The van der Waals surface area contributed by atoms with Gasteiger partial charge in [0.1, 0.15) is 5.82 Å². The lowest BCUT2D eigenvalue weighted by atomic mass is 9.94. The van der Waals surface area contributed by atoms with E-state index in [4.69, 9.17) is 5.73 Å². The lowest BCUT2D eigenvalue weighted by Crippen LogP contribution is -2.21. The van der Waals surface area contributed by atoms with Gasteiger partial charge in [-0.25, -0.2) is 4.39 Å². The number of benzene rings is 1. The van der Waals surface area contributed by atoms with Crippen LogP contribution in [0.3, 0.4) is 0 Å². The molecule has 13 heavy (non-hydrogen) atoms. The Kier molecular flexibility index (Phi) is 1.88. The number of rotatable bonds is 2. The molecule has 1 aliphatic carbocycles. The minimum Gasteiger partial charge on any atom is -0.330 e. The van der Waals surface area contributed by atoms with Crippen LogP contribution in [-0.2, 0) is 5.41 Å². The van der Waals surface area contributed by atoms with Crippen molar-refractivity contribution >= 4 is 0 Å². The Morgan fingerprint density at radius 2 is 2.15 bits per heavy atom. The molecule has 2 rings (SSSR count). The summed E-state index contributed by atoms with van der Waals surface area (Å²) in [7, 11) is 0. The normalized spacial score (nSPS) is 18.7. The van der Waals surface area contributed by atoms with Crippen molar-refractivity contribution in [1.82, 2.24) is 0 Å². The van der Waals surface area contributed by atoms with E-state index in [0.29, 0.717) is 6.54 Å². The summed E-state index contributed by atoms with van der Waals surface area (Å²) in [6.07, 6.45) is 2.06. The molecule has 0 saturated heterocycles. The Hall–Kier alpha value is -0.890. The highest BCUT2D eigenvalue weighted by Gasteiger charge is 2.44. The minimum absolute atomic E-state index is 0.0316. The lowest BCUT2D eigenvalue weighted by Gasteiger charge is -2.14. The Morgan fingerprint density at radius 1 is 1.46 bits per heavy atom. The average Bonchev–Trinajstić information content (AvgIpc) is 2.90. The first kappa shape index (κ1) is 8.70. The molecule has 0 amide bonds. The van der Waals surface area contributed by atoms with Crippen LogP contribution in [0.15, 0.2) is 18.2 Å². The van der Waals surface area contributed by atoms with Gasteiger partial charge >= 0.3 is 0 Å². The molecule has 2 N–H and O–H groups in total. The molecule has 1 fully saturated rings. The molecule has 1 saturated carbocycles. The van der Waals surface area contributed by atoms with Crippen molar-refractivity contribution in [3.05, 3.63) is 35.1 Å². The summed E-state index contributed by atoms with van der Waals surface area (Å²) in [6.45, 7) is 2.54. The molecule has 1 aliphatic rings. The van der Waals surface area contributed by atoms with Crippen molar-refractivity contribution in [3.8, 4) is 0 Å². The maximum absolute atomic E-state index is 13.4. The van der Waals surface area contributed by atoms with E-state index in [9.17, 15) is 4.39 Å². The number of aryl methyl sites for hydroxylation is 1. The van der Waals surface area contributed by atoms with Crippen LogP contribution in [0.2, 0.25) is 0 Å². The van der Waals surface area contributed by atoms with Gasteiger partial charge in [-0.1, -0.05) is 17.7 Å². The third-order valence-electron chi connectivity index (χ3n) is 2.94. The van der Waals surface area contributed by atoms with E-state index >= 15 is 0 Å². The van der Waals surface area contributed by atoms with Gasteiger partial charge in [-0.3, -0.25) is 0 Å². The second-order valence-electron chi connectivity index (χ2n) is 3.97. The fourth-order valence-corrected chi connectivity index (χ4v) is 1.78. The van der Waals surface area contributed by atoms with Crippen molar-refractivity contribution in [2.24, 2.45) is 5.73 Å². The molecule has 0 spiro atoms. The second kappa shape index (κ2) is 2.81. The number of hydrogen-bond donors (Lipinski definition) is 1. The highest BCUT2D eigenvalue weighted by atomic mass is 19.1. The Labute approximate surface area is 77.8 Å². The highest BCUT2D eigenvalue weighted by molar-refractivity contribution is 5.35. The molecule has 0 bridgehead atoms. The van der Waals surface area contributed by atoms with Crippen molar-refractivity contribution < 1.29 is 4.39 Å².